The van der Waals surface area contributed by atoms with Crippen molar-refractivity contribution in [2.75, 3.05) is 18.1 Å². The van der Waals surface area contributed by atoms with Crippen LogP contribution in [0.5, 0.6) is 5.75 Å². The second kappa shape index (κ2) is 5.90. The standard InChI is InChI=1S/C15H15N5OS/c1-17-15-5-11(16)14(22-15)8-18-12-3-2-9(4-13(12)21)10-6-19-20-7-10/h2-8,17,21H,16H2,1H3,(H,19,20). The van der Waals surface area contributed by atoms with Crippen LogP contribution in [0.1, 0.15) is 4.88 Å². The van der Waals surface area contributed by atoms with Gasteiger partial charge in [-0.2, -0.15) is 5.10 Å². The van der Waals surface area contributed by atoms with Crippen molar-refractivity contribution < 1.29 is 5.11 Å². The fraction of sp³-hybridized carbons (Fsp3) is 0.0667. The molecule has 0 unspecified atom stereocenters. The van der Waals surface area contributed by atoms with E-state index in [-0.39, 0.29) is 5.75 Å². The van der Waals surface area contributed by atoms with Crippen molar-refractivity contribution in [3.63, 3.8) is 0 Å². The molecule has 1 aromatic carbocycles. The molecule has 0 fully saturated rings. The molecule has 3 aromatic rings. The molecule has 0 atom stereocenters. The molecular formula is C15H15N5OS. The Morgan fingerprint density at radius 2 is 2.23 bits per heavy atom. The van der Waals surface area contributed by atoms with E-state index in [9.17, 15) is 5.11 Å². The molecule has 22 heavy (non-hydrogen) atoms. The van der Waals surface area contributed by atoms with Crippen LogP contribution in [0.3, 0.4) is 0 Å². The van der Waals surface area contributed by atoms with E-state index in [1.165, 1.54) is 11.3 Å². The van der Waals surface area contributed by atoms with Crippen LogP contribution in [-0.2, 0) is 0 Å². The molecule has 0 saturated heterocycles. The summed E-state index contributed by atoms with van der Waals surface area (Å²) in [6, 6.07) is 7.16. The number of aromatic nitrogens is 2. The Kier molecular flexibility index (Phi) is 3.80. The molecule has 0 saturated carbocycles. The number of nitrogens with zero attached hydrogens (tertiary/aromatic N) is 2. The summed E-state index contributed by atoms with van der Waals surface area (Å²) in [5.74, 6) is 0.110. The summed E-state index contributed by atoms with van der Waals surface area (Å²) in [5.41, 5.74) is 8.85. The van der Waals surface area contributed by atoms with Crippen LogP contribution in [0, 0.1) is 0 Å². The molecule has 0 radical (unpaired) electrons. The molecule has 5 N–H and O–H groups in total. The van der Waals surface area contributed by atoms with Crippen molar-refractivity contribution >= 4 is 33.9 Å². The molecule has 112 valence electrons. The Bertz CT molecular complexity index is 807. The van der Waals surface area contributed by atoms with E-state index in [0.717, 1.165) is 21.0 Å². The van der Waals surface area contributed by atoms with Gasteiger partial charge in [0.15, 0.2) is 0 Å². The minimum Gasteiger partial charge on any atom is -0.506 e. The summed E-state index contributed by atoms with van der Waals surface area (Å²) in [5, 5.41) is 20.7. The van der Waals surface area contributed by atoms with Gasteiger partial charge in [-0.3, -0.25) is 10.1 Å². The number of nitrogens with two attached hydrogens (primary N) is 1. The Hall–Kier alpha value is -2.80. The second-order valence-corrected chi connectivity index (χ2v) is 5.71. The topological polar surface area (TPSA) is 99.3 Å². The van der Waals surface area contributed by atoms with Crippen molar-refractivity contribution in [1.82, 2.24) is 10.2 Å². The van der Waals surface area contributed by atoms with E-state index in [4.69, 9.17) is 5.73 Å². The molecule has 0 aliphatic rings. The highest BCUT2D eigenvalue weighted by atomic mass is 32.1. The monoisotopic (exact) mass is 313 g/mol. The molecule has 0 bridgehead atoms. The van der Waals surface area contributed by atoms with Gasteiger partial charge in [0.25, 0.3) is 0 Å². The van der Waals surface area contributed by atoms with Gasteiger partial charge < -0.3 is 16.2 Å². The van der Waals surface area contributed by atoms with Gasteiger partial charge in [0.1, 0.15) is 11.4 Å². The highest BCUT2D eigenvalue weighted by molar-refractivity contribution is 7.18. The van der Waals surface area contributed by atoms with Gasteiger partial charge in [-0.1, -0.05) is 6.07 Å². The number of anilines is 2. The Morgan fingerprint density at radius 1 is 1.36 bits per heavy atom. The summed E-state index contributed by atoms with van der Waals surface area (Å²) in [6.45, 7) is 0. The molecule has 7 heteroatoms. The maximum atomic E-state index is 10.1. The molecular weight excluding hydrogens is 298 g/mol. The summed E-state index contributed by atoms with van der Waals surface area (Å²) < 4.78 is 0. The maximum Gasteiger partial charge on any atom is 0.141 e. The third-order valence-corrected chi connectivity index (χ3v) is 4.27. The number of hydrogen-bond acceptors (Lipinski definition) is 6. The van der Waals surface area contributed by atoms with E-state index in [0.29, 0.717) is 11.4 Å². The number of thiophene rings is 1. The van der Waals surface area contributed by atoms with Crippen LogP contribution < -0.4 is 11.1 Å². The number of nitrogen functional groups attached to an aromatic ring is 1. The van der Waals surface area contributed by atoms with E-state index in [1.54, 1.807) is 30.7 Å². The SMILES string of the molecule is CNc1cc(N)c(C=Nc2ccc(-c3cn[nH]c3)cc2O)s1. The van der Waals surface area contributed by atoms with Crippen molar-refractivity contribution in [1.29, 1.82) is 0 Å². The predicted molar refractivity (Wildman–Crippen MR) is 91.2 cm³/mol. The molecule has 0 amide bonds. The van der Waals surface area contributed by atoms with Crippen LogP contribution in [0.4, 0.5) is 16.4 Å². The van der Waals surface area contributed by atoms with Crippen molar-refractivity contribution in [3.05, 3.63) is 41.5 Å². The minimum atomic E-state index is 0.110. The number of nitrogens with one attached hydrogen (secondary N) is 2. The van der Waals surface area contributed by atoms with Crippen molar-refractivity contribution in [2.24, 2.45) is 4.99 Å². The number of hydrogen-bond donors (Lipinski definition) is 4. The molecule has 3 rings (SSSR count). The molecule has 0 spiro atoms. The second-order valence-electron chi connectivity index (χ2n) is 4.63. The van der Waals surface area contributed by atoms with E-state index >= 15 is 0 Å². The lowest BCUT2D eigenvalue weighted by molar-refractivity contribution is 0.477. The zero-order valence-corrected chi connectivity index (χ0v) is 12.7. The zero-order chi connectivity index (χ0) is 15.5. The molecule has 2 aromatic heterocycles. The lowest BCUT2D eigenvalue weighted by Crippen LogP contribution is -1.86. The first-order valence-corrected chi connectivity index (χ1v) is 7.42. The molecule has 0 aliphatic carbocycles. The Balaban J connectivity index is 1.86. The number of benzene rings is 1. The lowest BCUT2D eigenvalue weighted by Gasteiger charge is -2.02. The van der Waals surface area contributed by atoms with E-state index in [1.807, 2.05) is 19.2 Å². The number of phenols is 1. The molecule has 6 nitrogen and oxygen atoms in total. The molecule has 2 heterocycles. The fourth-order valence-electron chi connectivity index (χ4n) is 1.99. The number of aromatic amines is 1. The smallest absolute Gasteiger partial charge is 0.141 e. The number of phenolic OH excluding ortho intramolecular Hbond substituents is 1. The van der Waals surface area contributed by atoms with Gasteiger partial charge in [0.05, 0.1) is 21.8 Å². The van der Waals surface area contributed by atoms with Gasteiger partial charge in [-0.15, -0.1) is 11.3 Å². The number of aliphatic imine (C=N–C) groups is 1. The van der Waals surface area contributed by atoms with Gasteiger partial charge >= 0.3 is 0 Å². The fourth-order valence-corrected chi connectivity index (χ4v) is 2.80. The summed E-state index contributed by atoms with van der Waals surface area (Å²) in [4.78, 5) is 5.16. The first kappa shape index (κ1) is 14.2. The van der Waals surface area contributed by atoms with Crippen molar-refractivity contribution in [3.8, 4) is 16.9 Å². The largest absolute Gasteiger partial charge is 0.506 e. The normalized spacial score (nSPS) is 11.1. The number of H-pyrrole nitrogens is 1. The number of rotatable bonds is 4. The van der Waals surface area contributed by atoms with Gasteiger partial charge in [0, 0.05) is 25.0 Å². The predicted octanol–water partition coefficient (Wildman–Crippen LogP) is 3.22. The Morgan fingerprint density at radius 3 is 2.86 bits per heavy atom. The zero-order valence-electron chi connectivity index (χ0n) is 11.9. The third-order valence-electron chi connectivity index (χ3n) is 3.17. The van der Waals surface area contributed by atoms with E-state index < -0.39 is 0 Å². The first-order valence-electron chi connectivity index (χ1n) is 6.60. The Labute approximate surface area is 131 Å². The molecule has 0 aliphatic heterocycles. The van der Waals surface area contributed by atoms with Gasteiger partial charge in [-0.05, 0) is 23.8 Å². The average molecular weight is 313 g/mol. The minimum absolute atomic E-state index is 0.110. The lowest BCUT2D eigenvalue weighted by atomic mass is 10.1. The highest BCUT2D eigenvalue weighted by Crippen LogP contribution is 2.32. The summed E-state index contributed by atoms with van der Waals surface area (Å²) in [6.07, 6.45) is 5.13. The number of aromatic hydroxyl groups is 1. The van der Waals surface area contributed by atoms with Crippen LogP contribution in [0.15, 0.2) is 41.7 Å². The maximum absolute atomic E-state index is 10.1. The highest BCUT2D eigenvalue weighted by Gasteiger charge is 2.06. The van der Waals surface area contributed by atoms with E-state index in [2.05, 4.69) is 20.5 Å². The van der Waals surface area contributed by atoms with Crippen LogP contribution >= 0.6 is 11.3 Å². The quantitative estimate of drug-likeness (QED) is 0.556. The van der Waals surface area contributed by atoms with Crippen LogP contribution in [-0.4, -0.2) is 28.6 Å². The summed E-state index contributed by atoms with van der Waals surface area (Å²) >= 11 is 1.51. The van der Waals surface area contributed by atoms with Crippen LogP contribution in [0.2, 0.25) is 0 Å². The summed E-state index contributed by atoms with van der Waals surface area (Å²) in [7, 11) is 1.84. The average Bonchev–Trinajstić information content (AvgIpc) is 3.16. The first-order chi connectivity index (χ1) is 10.7. The van der Waals surface area contributed by atoms with Crippen molar-refractivity contribution in [2.45, 2.75) is 0 Å². The van der Waals surface area contributed by atoms with Gasteiger partial charge in [-0.25, -0.2) is 0 Å². The third kappa shape index (κ3) is 2.79. The van der Waals surface area contributed by atoms with Crippen LogP contribution in [0.25, 0.3) is 11.1 Å². The van der Waals surface area contributed by atoms with Gasteiger partial charge in [0.2, 0.25) is 0 Å².